The third-order valence-electron chi connectivity index (χ3n) is 5.87. The first-order valence-corrected chi connectivity index (χ1v) is 9.68. The highest BCUT2D eigenvalue weighted by atomic mass is 16.2. The highest BCUT2D eigenvalue weighted by molar-refractivity contribution is 5.83. The molecular weight excluding hydrogens is 312 g/mol. The minimum absolute atomic E-state index is 0.0597. The topological polar surface area (TPSA) is 50.2 Å². The summed E-state index contributed by atoms with van der Waals surface area (Å²) in [5, 5.41) is 3.48. The molecule has 5 nitrogen and oxygen atoms in total. The number of carbonyl (C=O) groups excluding carboxylic acids is 1. The van der Waals surface area contributed by atoms with Gasteiger partial charge in [-0.3, -0.25) is 10.1 Å². The largest absolute Gasteiger partial charge is 0.338 e. The molecule has 4 rings (SSSR count). The van der Waals surface area contributed by atoms with E-state index in [1.165, 1.54) is 32.1 Å². The fraction of sp³-hybridized carbons (Fsp3) is 0.600. The van der Waals surface area contributed by atoms with E-state index >= 15 is 0 Å². The van der Waals surface area contributed by atoms with Crippen LogP contribution in [-0.4, -0.2) is 39.0 Å². The fourth-order valence-electron chi connectivity index (χ4n) is 4.41. The Labute approximate surface area is 149 Å². The molecule has 1 aliphatic carbocycles. The average Bonchev–Trinajstić information content (AvgIpc) is 2.98. The number of nitrogens with one attached hydrogen (secondary N) is 1. The van der Waals surface area contributed by atoms with Gasteiger partial charge in [-0.25, -0.2) is 4.98 Å². The van der Waals surface area contributed by atoms with Gasteiger partial charge in [-0.05, 0) is 37.8 Å². The summed E-state index contributed by atoms with van der Waals surface area (Å²) in [4.78, 5) is 19.8. The van der Waals surface area contributed by atoms with Crippen molar-refractivity contribution in [2.24, 2.45) is 7.05 Å². The van der Waals surface area contributed by atoms with Gasteiger partial charge in [-0.1, -0.05) is 31.4 Å². The molecule has 2 aliphatic rings. The van der Waals surface area contributed by atoms with Gasteiger partial charge in [0.1, 0.15) is 5.82 Å². The number of para-hydroxylation sites is 2. The van der Waals surface area contributed by atoms with Crippen LogP contribution in [0.15, 0.2) is 24.3 Å². The molecule has 1 saturated carbocycles. The van der Waals surface area contributed by atoms with Gasteiger partial charge in [-0.2, -0.15) is 0 Å². The Morgan fingerprint density at radius 2 is 1.92 bits per heavy atom. The summed E-state index contributed by atoms with van der Waals surface area (Å²) in [6.07, 6.45) is 8.27. The zero-order valence-corrected chi connectivity index (χ0v) is 15.1. The van der Waals surface area contributed by atoms with Crippen molar-refractivity contribution in [2.45, 2.75) is 63.6 Å². The van der Waals surface area contributed by atoms with E-state index < -0.39 is 0 Å². The lowest BCUT2D eigenvalue weighted by atomic mass is 9.91. The van der Waals surface area contributed by atoms with E-state index in [4.69, 9.17) is 4.98 Å². The lowest BCUT2D eigenvalue weighted by Crippen LogP contribution is -2.54. The number of rotatable bonds is 4. The number of nitrogens with zero attached hydrogens (tertiary/aromatic N) is 3. The molecule has 134 valence electrons. The first-order valence-electron chi connectivity index (χ1n) is 9.68. The molecule has 0 bridgehead atoms. The molecular formula is C20H28N4O. The third kappa shape index (κ3) is 3.30. The summed E-state index contributed by atoms with van der Waals surface area (Å²) >= 11 is 0. The van der Waals surface area contributed by atoms with Crippen LogP contribution < -0.4 is 5.32 Å². The normalized spacial score (nSPS) is 22.7. The predicted molar refractivity (Wildman–Crippen MR) is 99.2 cm³/mol. The Bertz CT molecular complexity index is 747. The van der Waals surface area contributed by atoms with Crippen LogP contribution in [0.1, 0.15) is 50.8 Å². The molecule has 1 aromatic heterocycles. The average molecular weight is 340 g/mol. The van der Waals surface area contributed by atoms with Crippen molar-refractivity contribution in [3.8, 4) is 0 Å². The van der Waals surface area contributed by atoms with Crippen LogP contribution >= 0.6 is 0 Å². The van der Waals surface area contributed by atoms with E-state index in [0.717, 1.165) is 36.2 Å². The molecule has 2 fully saturated rings. The Morgan fingerprint density at radius 1 is 1.12 bits per heavy atom. The van der Waals surface area contributed by atoms with E-state index in [1.807, 2.05) is 25.2 Å². The molecule has 25 heavy (non-hydrogen) atoms. The molecule has 1 aliphatic heterocycles. The van der Waals surface area contributed by atoms with Crippen molar-refractivity contribution in [2.75, 3.05) is 6.54 Å². The first kappa shape index (κ1) is 16.6. The van der Waals surface area contributed by atoms with Gasteiger partial charge >= 0.3 is 0 Å². The maximum atomic E-state index is 12.9. The molecule has 0 radical (unpaired) electrons. The summed E-state index contributed by atoms with van der Waals surface area (Å²) in [6, 6.07) is 8.59. The standard InChI is InChI=1S/C20H28N4O/c1-23-18-12-6-5-10-16(18)22-19(23)14-21-17-11-7-13-24(20(17)25)15-8-3-2-4-9-15/h5-6,10,12,15,17,21H,2-4,7-9,11,13-14H2,1H3. The summed E-state index contributed by atoms with van der Waals surface area (Å²) in [7, 11) is 2.05. The number of hydrogen-bond acceptors (Lipinski definition) is 3. The molecule has 1 N–H and O–H groups in total. The van der Waals surface area contributed by atoms with E-state index in [-0.39, 0.29) is 6.04 Å². The van der Waals surface area contributed by atoms with Gasteiger partial charge in [0.05, 0.1) is 23.6 Å². The highest BCUT2D eigenvalue weighted by Crippen LogP contribution is 2.26. The number of imidazole rings is 1. The van der Waals surface area contributed by atoms with Crippen LogP contribution in [0.4, 0.5) is 0 Å². The second-order valence-corrected chi connectivity index (χ2v) is 7.47. The maximum Gasteiger partial charge on any atom is 0.239 e. The number of fused-ring (bicyclic) bond motifs is 1. The maximum absolute atomic E-state index is 12.9. The Kier molecular flexibility index (Phi) is 4.75. The second-order valence-electron chi connectivity index (χ2n) is 7.47. The van der Waals surface area contributed by atoms with Gasteiger partial charge in [0.15, 0.2) is 0 Å². The number of piperidine rings is 1. The summed E-state index contributed by atoms with van der Waals surface area (Å²) < 4.78 is 2.12. The van der Waals surface area contributed by atoms with Crippen LogP contribution in [0, 0.1) is 0 Å². The predicted octanol–water partition coefficient (Wildman–Crippen LogP) is 2.99. The fourth-order valence-corrected chi connectivity index (χ4v) is 4.41. The summed E-state index contributed by atoms with van der Waals surface area (Å²) in [5.41, 5.74) is 2.15. The number of amides is 1. The number of aryl methyl sites for hydroxylation is 1. The number of benzene rings is 1. The van der Waals surface area contributed by atoms with Crippen molar-refractivity contribution in [3.05, 3.63) is 30.1 Å². The zero-order chi connectivity index (χ0) is 17.2. The number of hydrogen-bond donors (Lipinski definition) is 1. The first-order chi connectivity index (χ1) is 12.2. The van der Waals surface area contributed by atoms with Gasteiger partial charge in [0.2, 0.25) is 5.91 Å². The lowest BCUT2D eigenvalue weighted by molar-refractivity contribution is -0.139. The van der Waals surface area contributed by atoms with E-state index in [2.05, 4.69) is 20.9 Å². The zero-order valence-electron chi connectivity index (χ0n) is 15.1. The molecule has 0 spiro atoms. The summed E-state index contributed by atoms with van der Waals surface area (Å²) in [6.45, 7) is 1.58. The molecule has 2 aromatic rings. The molecule has 2 heterocycles. The molecule has 1 saturated heterocycles. The van der Waals surface area contributed by atoms with Gasteiger partial charge in [0, 0.05) is 19.6 Å². The highest BCUT2D eigenvalue weighted by Gasteiger charge is 2.33. The van der Waals surface area contributed by atoms with Crippen LogP contribution in [0.2, 0.25) is 0 Å². The number of carbonyl (C=O) groups is 1. The smallest absolute Gasteiger partial charge is 0.239 e. The second kappa shape index (κ2) is 7.16. The lowest BCUT2D eigenvalue weighted by Gasteiger charge is -2.40. The SMILES string of the molecule is Cn1c(CNC2CCCN(C3CCCCC3)C2=O)nc2ccccc21. The van der Waals surface area contributed by atoms with Crippen molar-refractivity contribution < 1.29 is 4.79 Å². The van der Waals surface area contributed by atoms with Crippen molar-refractivity contribution in [1.82, 2.24) is 19.8 Å². The molecule has 1 unspecified atom stereocenters. The monoisotopic (exact) mass is 340 g/mol. The van der Waals surface area contributed by atoms with Crippen LogP contribution in [0.5, 0.6) is 0 Å². The Balaban J connectivity index is 1.42. The minimum atomic E-state index is -0.0597. The van der Waals surface area contributed by atoms with Gasteiger partial charge in [-0.15, -0.1) is 0 Å². The van der Waals surface area contributed by atoms with Crippen LogP contribution in [0.25, 0.3) is 11.0 Å². The molecule has 5 heteroatoms. The number of likely N-dealkylation sites (tertiary alicyclic amines) is 1. The van der Waals surface area contributed by atoms with Crippen molar-refractivity contribution in [1.29, 1.82) is 0 Å². The third-order valence-corrected chi connectivity index (χ3v) is 5.87. The van der Waals surface area contributed by atoms with Crippen molar-refractivity contribution in [3.63, 3.8) is 0 Å². The van der Waals surface area contributed by atoms with E-state index in [0.29, 0.717) is 18.5 Å². The minimum Gasteiger partial charge on any atom is -0.338 e. The van der Waals surface area contributed by atoms with Crippen LogP contribution in [-0.2, 0) is 18.4 Å². The van der Waals surface area contributed by atoms with Crippen LogP contribution in [0.3, 0.4) is 0 Å². The van der Waals surface area contributed by atoms with E-state index in [1.54, 1.807) is 0 Å². The van der Waals surface area contributed by atoms with Gasteiger partial charge in [0.25, 0.3) is 0 Å². The van der Waals surface area contributed by atoms with Crippen molar-refractivity contribution >= 4 is 16.9 Å². The number of aromatic nitrogens is 2. The van der Waals surface area contributed by atoms with E-state index in [9.17, 15) is 4.79 Å². The molecule has 1 amide bonds. The quantitative estimate of drug-likeness (QED) is 0.931. The summed E-state index contributed by atoms with van der Waals surface area (Å²) in [5.74, 6) is 1.29. The molecule has 1 atom stereocenters. The molecule has 1 aromatic carbocycles. The Morgan fingerprint density at radius 3 is 2.72 bits per heavy atom. The Hall–Kier alpha value is -1.88. The van der Waals surface area contributed by atoms with Gasteiger partial charge < -0.3 is 9.47 Å².